The third-order valence-electron chi connectivity index (χ3n) is 3.89. The molecule has 1 amide bonds. The number of benzene rings is 2. The van der Waals surface area contributed by atoms with E-state index < -0.39 is 0 Å². The fourth-order valence-corrected chi connectivity index (χ4v) is 2.69. The van der Waals surface area contributed by atoms with Crippen molar-refractivity contribution in [2.75, 3.05) is 5.32 Å². The Morgan fingerprint density at radius 2 is 1.74 bits per heavy atom. The molecule has 1 N–H and O–H groups in total. The number of anilines is 1. The number of hydrogen-bond acceptors (Lipinski definition) is 2. The highest BCUT2D eigenvalue weighted by Crippen LogP contribution is 2.19. The molecular formula is C19H18N2O2. The number of nitrogens with one attached hydrogen (secondary N) is 1. The first-order valence-corrected chi connectivity index (χ1v) is 7.50. The molecule has 0 spiro atoms. The van der Waals surface area contributed by atoms with Crippen molar-refractivity contribution in [2.45, 2.75) is 20.4 Å². The molecule has 4 heteroatoms. The molecule has 116 valence electrons. The number of fused-ring (bicyclic) bond motifs is 1. The molecule has 4 nitrogen and oxygen atoms in total. The first-order valence-electron chi connectivity index (χ1n) is 7.50. The molecule has 0 unspecified atom stereocenters. The molecule has 0 saturated heterocycles. The van der Waals surface area contributed by atoms with Gasteiger partial charge in [-0.25, -0.2) is 0 Å². The van der Waals surface area contributed by atoms with E-state index in [0.29, 0.717) is 11.3 Å². The van der Waals surface area contributed by atoms with Gasteiger partial charge >= 0.3 is 0 Å². The molecule has 23 heavy (non-hydrogen) atoms. The molecule has 2 aromatic carbocycles. The lowest BCUT2D eigenvalue weighted by atomic mass is 10.1. The van der Waals surface area contributed by atoms with E-state index in [1.807, 2.05) is 35.8 Å². The summed E-state index contributed by atoms with van der Waals surface area (Å²) in [6.07, 6.45) is 0. The third kappa shape index (κ3) is 3.16. The van der Waals surface area contributed by atoms with Crippen molar-refractivity contribution < 1.29 is 9.59 Å². The Morgan fingerprint density at radius 1 is 1.04 bits per heavy atom. The van der Waals surface area contributed by atoms with Crippen LogP contribution in [0.15, 0.2) is 54.6 Å². The zero-order valence-corrected chi connectivity index (χ0v) is 13.2. The Labute approximate surface area is 134 Å². The molecule has 3 rings (SSSR count). The van der Waals surface area contributed by atoms with Crippen molar-refractivity contribution in [1.82, 2.24) is 4.57 Å². The van der Waals surface area contributed by atoms with Crippen LogP contribution in [0.4, 0.5) is 5.69 Å². The van der Waals surface area contributed by atoms with Crippen molar-refractivity contribution in [3.05, 3.63) is 65.9 Å². The van der Waals surface area contributed by atoms with Crippen LogP contribution in [0.3, 0.4) is 0 Å². The Hall–Kier alpha value is -2.88. The maximum Gasteiger partial charge on any atom is 0.244 e. The van der Waals surface area contributed by atoms with Gasteiger partial charge in [-0.15, -0.1) is 0 Å². The predicted molar refractivity (Wildman–Crippen MR) is 91.8 cm³/mol. The summed E-state index contributed by atoms with van der Waals surface area (Å²) in [5, 5.41) is 4.00. The van der Waals surface area contributed by atoms with E-state index in [2.05, 4.69) is 11.4 Å². The van der Waals surface area contributed by atoms with Gasteiger partial charge in [-0.2, -0.15) is 0 Å². The van der Waals surface area contributed by atoms with Gasteiger partial charge < -0.3 is 9.88 Å². The topological polar surface area (TPSA) is 51.1 Å². The van der Waals surface area contributed by atoms with Gasteiger partial charge in [0.2, 0.25) is 5.91 Å². The molecule has 0 aliphatic rings. The van der Waals surface area contributed by atoms with Crippen molar-refractivity contribution in [3.63, 3.8) is 0 Å². The van der Waals surface area contributed by atoms with E-state index in [4.69, 9.17) is 0 Å². The minimum atomic E-state index is -0.0926. The maximum atomic E-state index is 12.3. The molecular weight excluding hydrogens is 288 g/mol. The second-order valence-corrected chi connectivity index (χ2v) is 5.61. The fourth-order valence-electron chi connectivity index (χ4n) is 2.69. The number of rotatable bonds is 4. The van der Waals surface area contributed by atoms with Gasteiger partial charge in [0.1, 0.15) is 6.54 Å². The first-order chi connectivity index (χ1) is 11.0. The number of amides is 1. The van der Waals surface area contributed by atoms with Crippen LogP contribution in [0, 0.1) is 6.92 Å². The van der Waals surface area contributed by atoms with Crippen molar-refractivity contribution in [2.24, 2.45) is 0 Å². The summed E-state index contributed by atoms with van der Waals surface area (Å²) < 4.78 is 1.99. The highest BCUT2D eigenvalue weighted by atomic mass is 16.2. The normalized spacial score (nSPS) is 10.7. The van der Waals surface area contributed by atoms with Gasteiger partial charge in [0.15, 0.2) is 5.78 Å². The number of carbonyl (C=O) groups excluding carboxylic acids is 2. The molecule has 0 aliphatic carbocycles. The number of ketones is 1. The molecule has 0 atom stereocenters. The monoisotopic (exact) mass is 306 g/mol. The lowest BCUT2D eigenvalue weighted by Gasteiger charge is -2.09. The van der Waals surface area contributed by atoms with Crippen LogP contribution in [0.5, 0.6) is 0 Å². The Bertz CT molecular complexity index is 876. The number of Topliss-reactive ketones (excluding diaryl/α,β-unsaturated/α-hetero) is 1. The van der Waals surface area contributed by atoms with E-state index in [-0.39, 0.29) is 18.2 Å². The van der Waals surface area contributed by atoms with Crippen LogP contribution >= 0.6 is 0 Å². The van der Waals surface area contributed by atoms with E-state index >= 15 is 0 Å². The predicted octanol–water partition coefficient (Wildman–Crippen LogP) is 3.79. The van der Waals surface area contributed by atoms with Crippen LogP contribution < -0.4 is 5.32 Å². The van der Waals surface area contributed by atoms with Crippen LogP contribution in [0.1, 0.15) is 23.0 Å². The summed E-state index contributed by atoms with van der Waals surface area (Å²) in [5.41, 5.74) is 3.42. The summed E-state index contributed by atoms with van der Waals surface area (Å²) in [6.45, 7) is 3.77. The minimum absolute atomic E-state index is 0.0114. The number of hydrogen-bond donors (Lipinski definition) is 1. The summed E-state index contributed by atoms with van der Waals surface area (Å²) >= 11 is 0. The van der Waals surface area contributed by atoms with Crippen molar-refractivity contribution in [3.8, 4) is 0 Å². The van der Waals surface area contributed by atoms with Crippen LogP contribution in [-0.2, 0) is 11.3 Å². The molecule has 0 aliphatic heterocycles. The van der Waals surface area contributed by atoms with Gasteiger partial charge in [0, 0.05) is 22.5 Å². The zero-order chi connectivity index (χ0) is 16.4. The average Bonchev–Trinajstić information content (AvgIpc) is 2.84. The Kier molecular flexibility index (Phi) is 3.98. The van der Waals surface area contributed by atoms with Crippen molar-refractivity contribution in [1.29, 1.82) is 0 Å². The standard InChI is InChI=1S/C19H18N2O2/c1-13-11-16-5-3-4-6-18(16)21(13)12-19(23)20-17-9-7-15(8-10-17)14(2)22/h3-11H,12H2,1-2H3,(H,20,23). The summed E-state index contributed by atoms with van der Waals surface area (Å²) in [6, 6.07) is 17.0. The van der Waals surface area contributed by atoms with E-state index in [1.165, 1.54) is 6.92 Å². The van der Waals surface area contributed by atoms with E-state index in [9.17, 15) is 9.59 Å². The molecule has 0 fully saturated rings. The Morgan fingerprint density at radius 3 is 2.43 bits per heavy atom. The Balaban J connectivity index is 1.76. The molecule has 1 aromatic heterocycles. The highest BCUT2D eigenvalue weighted by molar-refractivity contribution is 5.96. The number of carbonyl (C=O) groups is 2. The minimum Gasteiger partial charge on any atom is -0.335 e. The summed E-state index contributed by atoms with van der Waals surface area (Å²) in [7, 11) is 0. The van der Waals surface area contributed by atoms with Crippen LogP contribution in [-0.4, -0.2) is 16.3 Å². The molecule has 1 heterocycles. The lowest BCUT2D eigenvalue weighted by Crippen LogP contribution is -2.19. The number of aryl methyl sites for hydroxylation is 1. The van der Waals surface area contributed by atoms with E-state index in [1.54, 1.807) is 24.3 Å². The number of aromatic nitrogens is 1. The second kappa shape index (κ2) is 6.08. The molecule has 0 radical (unpaired) electrons. The van der Waals surface area contributed by atoms with Gasteiger partial charge in [-0.1, -0.05) is 18.2 Å². The SMILES string of the molecule is CC(=O)c1ccc(NC(=O)Cn2c(C)cc3ccccc32)cc1. The van der Waals surface area contributed by atoms with Crippen LogP contribution in [0.25, 0.3) is 10.9 Å². The molecule has 0 bridgehead atoms. The van der Waals surface area contributed by atoms with Gasteiger partial charge in [-0.05, 0) is 55.6 Å². The largest absolute Gasteiger partial charge is 0.335 e. The quantitative estimate of drug-likeness (QED) is 0.746. The first kappa shape index (κ1) is 15.0. The smallest absolute Gasteiger partial charge is 0.244 e. The number of nitrogens with zero attached hydrogens (tertiary/aromatic N) is 1. The fraction of sp³-hybridized carbons (Fsp3) is 0.158. The summed E-state index contributed by atoms with van der Waals surface area (Å²) in [5.74, 6) is -0.0812. The van der Waals surface area contributed by atoms with Gasteiger partial charge in [0.25, 0.3) is 0 Å². The van der Waals surface area contributed by atoms with Crippen molar-refractivity contribution >= 4 is 28.3 Å². The average molecular weight is 306 g/mol. The molecule has 0 saturated carbocycles. The third-order valence-corrected chi connectivity index (χ3v) is 3.89. The van der Waals surface area contributed by atoms with E-state index in [0.717, 1.165) is 16.6 Å². The van der Waals surface area contributed by atoms with Crippen LogP contribution in [0.2, 0.25) is 0 Å². The maximum absolute atomic E-state index is 12.3. The second-order valence-electron chi connectivity index (χ2n) is 5.61. The zero-order valence-electron chi connectivity index (χ0n) is 13.2. The number of para-hydroxylation sites is 1. The molecule has 3 aromatic rings. The lowest BCUT2D eigenvalue weighted by molar-refractivity contribution is -0.116. The van der Waals surface area contributed by atoms with Gasteiger partial charge in [-0.3, -0.25) is 9.59 Å². The highest BCUT2D eigenvalue weighted by Gasteiger charge is 2.10. The van der Waals surface area contributed by atoms with Gasteiger partial charge in [0.05, 0.1) is 0 Å². The summed E-state index contributed by atoms with van der Waals surface area (Å²) in [4.78, 5) is 23.6.